The van der Waals surface area contributed by atoms with Crippen LogP contribution in [0.15, 0.2) is 0 Å². The minimum atomic E-state index is 0.216. The molecule has 5 heteroatoms. The number of rotatable bonds is 4. The molecule has 2 unspecified atom stereocenters. The largest absolute Gasteiger partial charge is 0.383 e. The van der Waals surface area contributed by atoms with E-state index >= 15 is 0 Å². The van der Waals surface area contributed by atoms with Crippen molar-refractivity contribution < 1.29 is 9.53 Å². The van der Waals surface area contributed by atoms with Crippen molar-refractivity contribution in [3.8, 4) is 0 Å². The minimum absolute atomic E-state index is 0.216. The number of amides is 1. The lowest BCUT2D eigenvalue weighted by atomic mass is 10.0. The Labute approximate surface area is 122 Å². The number of nitrogens with zero attached hydrogens (tertiary/aromatic N) is 3. The molecule has 0 bridgehead atoms. The van der Waals surface area contributed by atoms with Gasteiger partial charge in [0.15, 0.2) is 0 Å². The first kappa shape index (κ1) is 15.7. The topological polar surface area (TPSA) is 36.0 Å². The molecule has 0 aromatic carbocycles. The van der Waals surface area contributed by atoms with Gasteiger partial charge in [-0.25, -0.2) is 0 Å². The zero-order chi connectivity index (χ0) is 14.5. The molecule has 2 rings (SSSR count). The van der Waals surface area contributed by atoms with Gasteiger partial charge in [0.25, 0.3) is 0 Å². The van der Waals surface area contributed by atoms with Crippen LogP contribution in [0, 0.1) is 5.92 Å². The zero-order valence-corrected chi connectivity index (χ0v) is 13.2. The molecule has 0 saturated carbocycles. The van der Waals surface area contributed by atoms with Gasteiger partial charge >= 0.3 is 0 Å². The Morgan fingerprint density at radius 2 is 2.00 bits per heavy atom. The number of likely N-dealkylation sites (tertiary alicyclic amines) is 1. The average molecular weight is 283 g/mol. The van der Waals surface area contributed by atoms with E-state index < -0.39 is 0 Å². The molecule has 2 aliphatic rings. The van der Waals surface area contributed by atoms with E-state index in [9.17, 15) is 4.79 Å². The molecular formula is C15H29N3O2. The van der Waals surface area contributed by atoms with Crippen molar-refractivity contribution in [3.63, 3.8) is 0 Å². The van der Waals surface area contributed by atoms with Crippen molar-refractivity contribution >= 4 is 5.91 Å². The van der Waals surface area contributed by atoms with Gasteiger partial charge in [0, 0.05) is 65.9 Å². The predicted molar refractivity (Wildman–Crippen MR) is 79.7 cm³/mol. The van der Waals surface area contributed by atoms with Gasteiger partial charge in [-0.1, -0.05) is 6.92 Å². The average Bonchev–Trinajstić information content (AvgIpc) is 2.64. The van der Waals surface area contributed by atoms with Crippen LogP contribution in [0.1, 0.15) is 20.3 Å². The summed E-state index contributed by atoms with van der Waals surface area (Å²) in [7, 11) is 1.77. The lowest BCUT2D eigenvalue weighted by Crippen LogP contribution is -2.43. The van der Waals surface area contributed by atoms with Gasteiger partial charge < -0.3 is 9.64 Å². The molecule has 20 heavy (non-hydrogen) atoms. The third-order valence-corrected chi connectivity index (χ3v) is 4.70. The highest BCUT2D eigenvalue weighted by atomic mass is 16.5. The molecular weight excluding hydrogens is 254 g/mol. The lowest BCUT2D eigenvalue weighted by Gasteiger charge is -2.30. The Morgan fingerprint density at radius 1 is 1.20 bits per heavy atom. The lowest BCUT2D eigenvalue weighted by molar-refractivity contribution is -0.128. The quantitative estimate of drug-likeness (QED) is 0.753. The number of methoxy groups -OCH3 is 1. The summed E-state index contributed by atoms with van der Waals surface area (Å²) in [5, 5.41) is 0. The van der Waals surface area contributed by atoms with E-state index in [1.807, 2.05) is 4.90 Å². The summed E-state index contributed by atoms with van der Waals surface area (Å²) in [5.41, 5.74) is 0. The third kappa shape index (κ3) is 3.93. The van der Waals surface area contributed by atoms with Crippen molar-refractivity contribution in [2.45, 2.75) is 26.3 Å². The third-order valence-electron chi connectivity index (χ3n) is 4.70. The Morgan fingerprint density at radius 3 is 2.70 bits per heavy atom. The summed E-state index contributed by atoms with van der Waals surface area (Å²) in [5.74, 6) is 0.920. The van der Waals surface area contributed by atoms with Crippen LogP contribution in [0.4, 0.5) is 0 Å². The summed E-state index contributed by atoms with van der Waals surface area (Å²) in [6.45, 7) is 12.1. The first-order valence-electron chi connectivity index (χ1n) is 7.82. The van der Waals surface area contributed by atoms with Gasteiger partial charge in [-0.05, 0) is 12.3 Å². The van der Waals surface area contributed by atoms with E-state index in [1.165, 1.54) is 6.54 Å². The van der Waals surface area contributed by atoms with Crippen molar-refractivity contribution in [1.82, 2.24) is 14.7 Å². The van der Waals surface area contributed by atoms with Crippen molar-refractivity contribution in [2.75, 3.05) is 59.5 Å². The van der Waals surface area contributed by atoms with Gasteiger partial charge in [-0.2, -0.15) is 0 Å². The Bertz CT molecular complexity index is 324. The highest BCUT2D eigenvalue weighted by Gasteiger charge is 2.34. The van der Waals surface area contributed by atoms with Crippen LogP contribution in [0.25, 0.3) is 0 Å². The second kappa shape index (κ2) is 7.38. The predicted octanol–water partition coefficient (Wildman–Crippen LogP) is 0.507. The van der Waals surface area contributed by atoms with E-state index in [2.05, 4.69) is 16.7 Å². The van der Waals surface area contributed by atoms with Gasteiger partial charge in [0.2, 0.25) is 5.91 Å². The van der Waals surface area contributed by atoms with Gasteiger partial charge in [0.05, 0.1) is 6.61 Å². The number of hydrogen-bond donors (Lipinski definition) is 0. The van der Waals surface area contributed by atoms with Crippen LogP contribution in [0.2, 0.25) is 0 Å². The first-order chi connectivity index (χ1) is 9.61. The number of carbonyl (C=O) groups is 1. The Balaban J connectivity index is 1.86. The minimum Gasteiger partial charge on any atom is -0.383 e. The molecule has 2 fully saturated rings. The fraction of sp³-hybridized carbons (Fsp3) is 0.933. The van der Waals surface area contributed by atoms with E-state index in [4.69, 9.17) is 4.74 Å². The Hall–Kier alpha value is -0.650. The van der Waals surface area contributed by atoms with E-state index in [-0.39, 0.29) is 5.91 Å². The SMILES string of the molecule is COCCN1CC(C)C(N2CCCN(C(C)=O)CC2)C1. The zero-order valence-electron chi connectivity index (χ0n) is 13.2. The fourth-order valence-electron chi connectivity index (χ4n) is 3.51. The van der Waals surface area contributed by atoms with Crippen LogP contribution in [0.5, 0.6) is 0 Å². The summed E-state index contributed by atoms with van der Waals surface area (Å²) >= 11 is 0. The molecule has 2 heterocycles. The molecule has 5 nitrogen and oxygen atoms in total. The summed E-state index contributed by atoms with van der Waals surface area (Å²) < 4.78 is 5.18. The second-order valence-corrected chi connectivity index (χ2v) is 6.19. The highest BCUT2D eigenvalue weighted by Crippen LogP contribution is 2.22. The summed E-state index contributed by atoms with van der Waals surface area (Å²) in [6, 6.07) is 0.638. The molecule has 0 aliphatic carbocycles. The highest BCUT2D eigenvalue weighted by molar-refractivity contribution is 5.73. The fourth-order valence-corrected chi connectivity index (χ4v) is 3.51. The Kier molecular flexibility index (Phi) is 5.81. The maximum atomic E-state index is 11.5. The van der Waals surface area contributed by atoms with E-state index in [1.54, 1.807) is 14.0 Å². The van der Waals surface area contributed by atoms with Crippen LogP contribution >= 0.6 is 0 Å². The number of carbonyl (C=O) groups excluding carboxylic acids is 1. The smallest absolute Gasteiger partial charge is 0.219 e. The van der Waals surface area contributed by atoms with Gasteiger partial charge in [0.1, 0.15) is 0 Å². The van der Waals surface area contributed by atoms with Crippen LogP contribution in [-0.2, 0) is 9.53 Å². The molecule has 0 radical (unpaired) electrons. The van der Waals surface area contributed by atoms with Gasteiger partial charge in [-0.3, -0.25) is 14.6 Å². The molecule has 116 valence electrons. The normalized spacial score (nSPS) is 29.6. The van der Waals surface area contributed by atoms with E-state index in [0.717, 1.165) is 52.3 Å². The molecule has 2 saturated heterocycles. The maximum Gasteiger partial charge on any atom is 0.219 e. The van der Waals surface area contributed by atoms with Crippen molar-refractivity contribution in [2.24, 2.45) is 5.92 Å². The number of ether oxygens (including phenoxy) is 1. The molecule has 2 aliphatic heterocycles. The first-order valence-corrected chi connectivity index (χ1v) is 7.82. The van der Waals surface area contributed by atoms with Crippen LogP contribution in [-0.4, -0.2) is 86.2 Å². The van der Waals surface area contributed by atoms with E-state index in [0.29, 0.717) is 12.0 Å². The van der Waals surface area contributed by atoms with Crippen molar-refractivity contribution in [3.05, 3.63) is 0 Å². The second-order valence-electron chi connectivity index (χ2n) is 6.19. The molecule has 0 aromatic heterocycles. The maximum absolute atomic E-state index is 11.5. The monoisotopic (exact) mass is 283 g/mol. The molecule has 0 N–H and O–H groups in total. The standard InChI is InChI=1S/C15H29N3O2/c1-13-11-16(9-10-20-3)12-15(13)18-6-4-5-17(7-8-18)14(2)19/h13,15H,4-12H2,1-3H3. The molecule has 0 spiro atoms. The summed E-state index contributed by atoms with van der Waals surface area (Å²) in [4.78, 5) is 18.6. The van der Waals surface area contributed by atoms with Gasteiger partial charge in [-0.15, -0.1) is 0 Å². The van der Waals surface area contributed by atoms with Crippen molar-refractivity contribution in [1.29, 1.82) is 0 Å². The molecule has 2 atom stereocenters. The molecule has 1 amide bonds. The van der Waals surface area contributed by atoms with Crippen LogP contribution < -0.4 is 0 Å². The number of hydrogen-bond acceptors (Lipinski definition) is 4. The molecule has 0 aromatic rings. The van der Waals surface area contributed by atoms with Crippen LogP contribution in [0.3, 0.4) is 0 Å². The summed E-state index contributed by atoms with van der Waals surface area (Å²) in [6.07, 6.45) is 1.10.